The first-order valence-electron chi connectivity index (χ1n) is 5.75. The van der Waals surface area contributed by atoms with Gasteiger partial charge < -0.3 is 5.73 Å². The maximum absolute atomic E-state index is 12.0. The van der Waals surface area contributed by atoms with Gasteiger partial charge in [-0.05, 0) is 37.5 Å². The van der Waals surface area contributed by atoms with Gasteiger partial charge in [0.15, 0.2) is 0 Å². The number of carbonyl (C=O) groups excluding carboxylic acids is 2. The minimum Gasteiger partial charge on any atom is -0.398 e. The van der Waals surface area contributed by atoms with Crippen LogP contribution >= 0.6 is 0 Å². The smallest absolute Gasteiger partial charge is 0.237 e. The van der Waals surface area contributed by atoms with Gasteiger partial charge in [0.1, 0.15) is 0 Å². The Morgan fingerprint density at radius 1 is 1.12 bits per heavy atom. The van der Waals surface area contributed by atoms with Crippen molar-refractivity contribution in [2.75, 3.05) is 10.6 Å². The van der Waals surface area contributed by atoms with E-state index in [9.17, 15) is 9.59 Å². The molecule has 1 aliphatic carbocycles. The summed E-state index contributed by atoms with van der Waals surface area (Å²) < 4.78 is 0. The molecule has 1 aromatic carbocycles. The van der Waals surface area contributed by atoms with Gasteiger partial charge in [0.05, 0.1) is 17.5 Å². The Balaban J connectivity index is 2.08. The molecule has 1 aliphatic heterocycles. The molecule has 2 unspecified atom stereocenters. The van der Waals surface area contributed by atoms with E-state index < -0.39 is 0 Å². The van der Waals surface area contributed by atoms with Gasteiger partial charge in [-0.2, -0.15) is 0 Å². The topological polar surface area (TPSA) is 63.4 Å². The Morgan fingerprint density at radius 3 is 2.29 bits per heavy atom. The van der Waals surface area contributed by atoms with Gasteiger partial charge in [0.25, 0.3) is 0 Å². The first-order chi connectivity index (χ1) is 8.00. The quantitative estimate of drug-likeness (QED) is 0.585. The molecule has 1 heterocycles. The van der Waals surface area contributed by atoms with Crippen LogP contribution in [-0.4, -0.2) is 11.8 Å². The molecule has 2 atom stereocenters. The molecule has 1 saturated heterocycles. The number of nitrogens with two attached hydrogens (primary N) is 1. The Bertz CT molecular complexity index is 531. The molecule has 88 valence electrons. The zero-order valence-corrected chi connectivity index (χ0v) is 9.86. The molecule has 2 fully saturated rings. The Morgan fingerprint density at radius 2 is 1.71 bits per heavy atom. The van der Waals surface area contributed by atoms with Crippen LogP contribution in [0.3, 0.4) is 0 Å². The molecule has 0 bridgehead atoms. The van der Waals surface area contributed by atoms with Gasteiger partial charge in [-0.1, -0.05) is 6.07 Å². The lowest BCUT2D eigenvalue weighted by molar-refractivity contribution is -0.123. The van der Waals surface area contributed by atoms with Gasteiger partial charge in [-0.25, -0.2) is 4.90 Å². The van der Waals surface area contributed by atoms with E-state index in [0.29, 0.717) is 11.4 Å². The van der Waals surface area contributed by atoms with Crippen molar-refractivity contribution >= 4 is 23.2 Å². The highest BCUT2D eigenvalue weighted by Crippen LogP contribution is 2.49. The Kier molecular flexibility index (Phi) is 1.88. The molecule has 3 rings (SSSR count). The molecule has 2 amide bonds. The van der Waals surface area contributed by atoms with E-state index in [1.54, 1.807) is 6.07 Å². The van der Waals surface area contributed by atoms with Gasteiger partial charge in [-0.15, -0.1) is 0 Å². The van der Waals surface area contributed by atoms with Crippen molar-refractivity contribution in [1.29, 1.82) is 0 Å². The molecule has 0 aromatic heterocycles. The molecule has 4 heteroatoms. The fourth-order valence-corrected chi connectivity index (χ4v) is 2.52. The van der Waals surface area contributed by atoms with E-state index in [2.05, 4.69) is 0 Å². The monoisotopic (exact) mass is 230 g/mol. The number of hydrogen-bond donors (Lipinski definition) is 1. The van der Waals surface area contributed by atoms with Crippen LogP contribution in [0.4, 0.5) is 11.4 Å². The van der Waals surface area contributed by atoms with E-state index in [-0.39, 0.29) is 23.7 Å². The SMILES string of the molecule is Cc1cc(C)c(N2C(=O)C3CC3C2=O)cc1N. The van der Waals surface area contributed by atoms with E-state index in [4.69, 9.17) is 5.73 Å². The summed E-state index contributed by atoms with van der Waals surface area (Å²) in [7, 11) is 0. The summed E-state index contributed by atoms with van der Waals surface area (Å²) >= 11 is 0. The number of piperidine rings is 1. The summed E-state index contributed by atoms with van der Waals surface area (Å²) in [6.07, 6.45) is 0.731. The number of imide groups is 1. The Hall–Kier alpha value is -1.84. The number of fused-ring (bicyclic) bond motifs is 1. The molecule has 17 heavy (non-hydrogen) atoms. The fourth-order valence-electron chi connectivity index (χ4n) is 2.52. The number of hydrogen-bond acceptors (Lipinski definition) is 3. The molecular weight excluding hydrogens is 216 g/mol. The second-order valence-electron chi connectivity index (χ2n) is 4.96. The number of nitrogen functional groups attached to an aromatic ring is 1. The van der Waals surface area contributed by atoms with Crippen molar-refractivity contribution in [3.63, 3.8) is 0 Å². The number of benzene rings is 1. The van der Waals surface area contributed by atoms with Crippen molar-refractivity contribution in [3.8, 4) is 0 Å². The fraction of sp³-hybridized carbons (Fsp3) is 0.385. The standard InChI is InChI=1S/C13H14N2O2/c1-6-3-7(2)11(5-10(6)14)15-12(16)8-4-9(8)13(15)17/h3,5,8-9H,4,14H2,1-2H3. The van der Waals surface area contributed by atoms with E-state index in [1.165, 1.54) is 4.90 Å². The van der Waals surface area contributed by atoms with Crippen LogP contribution in [0.5, 0.6) is 0 Å². The highest BCUT2D eigenvalue weighted by atomic mass is 16.2. The third-order valence-electron chi connectivity index (χ3n) is 3.69. The zero-order valence-electron chi connectivity index (χ0n) is 9.86. The summed E-state index contributed by atoms with van der Waals surface area (Å²) in [6, 6.07) is 3.64. The number of nitrogens with zero attached hydrogens (tertiary/aromatic N) is 1. The van der Waals surface area contributed by atoms with Crippen LogP contribution < -0.4 is 10.6 Å². The molecule has 4 nitrogen and oxygen atoms in total. The predicted octanol–water partition coefficient (Wildman–Crippen LogP) is 1.39. The summed E-state index contributed by atoms with van der Waals surface area (Å²) in [5.74, 6) is -0.258. The third-order valence-corrected chi connectivity index (χ3v) is 3.69. The number of anilines is 2. The van der Waals surface area contributed by atoms with Gasteiger partial charge >= 0.3 is 0 Å². The number of carbonyl (C=O) groups is 2. The molecule has 1 saturated carbocycles. The van der Waals surface area contributed by atoms with E-state index >= 15 is 0 Å². The highest BCUT2D eigenvalue weighted by Gasteiger charge is 2.59. The highest BCUT2D eigenvalue weighted by molar-refractivity contribution is 6.25. The van der Waals surface area contributed by atoms with Crippen molar-refractivity contribution in [3.05, 3.63) is 23.3 Å². The number of amides is 2. The lowest BCUT2D eigenvalue weighted by atomic mass is 10.1. The molecule has 1 aromatic rings. The average Bonchev–Trinajstić information content (AvgIpc) is 3.00. The molecule has 0 radical (unpaired) electrons. The number of aryl methyl sites for hydroxylation is 2. The first kappa shape index (κ1) is 10.3. The van der Waals surface area contributed by atoms with Crippen LogP contribution in [0, 0.1) is 25.7 Å². The first-order valence-corrected chi connectivity index (χ1v) is 5.75. The van der Waals surface area contributed by atoms with Crippen molar-refractivity contribution in [2.24, 2.45) is 11.8 Å². The normalized spacial score (nSPS) is 26.4. The maximum Gasteiger partial charge on any atom is 0.237 e. The van der Waals surface area contributed by atoms with Gasteiger partial charge in [0, 0.05) is 5.69 Å². The van der Waals surface area contributed by atoms with E-state index in [0.717, 1.165) is 17.5 Å². The predicted molar refractivity (Wildman–Crippen MR) is 64.4 cm³/mol. The molecule has 2 aliphatic rings. The Labute approximate surface area is 99.4 Å². The molecule has 2 N–H and O–H groups in total. The minimum atomic E-state index is -0.0653. The van der Waals surface area contributed by atoms with E-state index in [1.807, 2.05) is 19.9 Å². The second kappa shape index (κ2) is 3.09. The summed E-state index contributed by atoms with van der Waals surface area (Å²) in [4.78, 5) is 25.3. The zero-order chi connectivity index (χ0) is 12.3. The molecule has 0 spiro atoms. The average molecular weight is 230 g/mol. The lowest BCUT2D eigenvalue weighted by Gasteiger charge is -2.20. The lowest BCUT2D eigenvalue weighted by Crippen LogP contribution is -2.33. The van der Waals surface area contributed by atoms with Crippen LogP contribution in [0.15, 0.2) is 12.1 Å². The van der Waals surface area contributed by atoms with Crippen molar-refractivity contribution < 1.29 is 9.59 Å². The van der Waals surface area contributed by atoms with Crippen LogP contribution in [0.2, 0.25) is 0 Å². The van der Waals surface area contributed by atoms with Crippen LogP contribution in [0.25, 0.3) is 0 Å². The van der Waals surface area contributed by atoms with Gasteiger partial charge in [0.2, 0.25) is 11.8 Å². The summed E-state index contributed by atoms with van der Waals surface area (Å²) in [6.45, 7) is 3.81. The van der Waals surface area contributed by atoms with Crippen LogP contribution in [-0.2, 0) is 9.59 Å². The van der Waals surface area contributed by atoms with Crippen molar-refractivity contribution in [2.45, 2.75) is 20.3 Å². The third kappa shape index (κ3) is 1.30. The molecular formula is C13H14N2O2. The van der Waals surface area contributed by atoms with Crippen molar-refractivity contribution in [1.82, 2.24) is 0 Å². The maximum atomic E-state index is 12.0. The number of rotatable bonds is 1. The van der Waals surface area contributed by atoms with Gasteiger partial charge in [-0.3, -0.25) is 9.59 Å². The van der Waals surface area contributed by atoms with Crippen LogP contribution in [0.1, 0.15) is 17.5 Å². The second-order valence-corrected chi connectivity index (χ2v) is 4.96. The summed E-state index contributed by atoms with van der Waals surface area (Å²) in [5.41, 5.74) is 8.99. The summed E-state index contributed by atoms with van der Waals surface area (Å²) in [5, 5.41) is 0. The minimum absolute atomic E-state index is 0.0636. The largest absolute Gasteiger partial charge is 0.398 e.